The fraction of sp³-hybridized carbons (Fsp3) is 0.111. The lowest BCUT2D eigenvalue weighted by Crippen LogP contribution is -2.32. The molecule has 1 amide bonds. The zero-order valence-electron chi connectivity index (χ0n) is 13.3. The Labute approximate surface area is 149 Å². The van der Waals surface area contributed by atoms with Crippen LogP contribution < -0.4 is 4.90 Å². The second-order valence-electron chi connectivity index (χ2n) is 5.07. The largest absolute Gasteiger partial charge is 0.298 e. The maximum Gasteiger partial charge on any atom is 0.238 e. The molecule has 6 nitrogen and oxygen atoms in total. The number of hydrogen-bond donors (Lipinski definition) is 0. The van der Waals surface area contributed by atoms with Crippen molar-refractivity contribution in [2.45, 2.75) is 5.16 Å². The zero-order valence-corrected chi connectivity index (χ0v) is 14.1. The molecule has 3 rings (SSSR count). The number of carbonyl (C=O) groups is 1. The summed E-state index contributed by atoms with van der Waals surface area (Å²) >= 11 is 1.25. The molecule has 0 unspecified atom stereocenters. The van der Waals surface area contributed by atoms with Gasteiger partial charge in [0.1, 0.15) is 12.9 Å². The highest BCUT2D eigenvalue weighted by molar-refractivity contribution is 7.99. The third-order valence-electron chi connectivity index (χ3n) is 3.41. The van der Waals surface area contributed by atoms with Gasteiger partial charge >= 0.3 is 0 Å². The second-order valence-corrected chi connectivity index (χ2v) is 6.01. The molecule has 0 aliphatic heterocycles. The summed E-state index contributed by atoms with van der Waals surface area (Å²) in [6, 6.07) is 20.8. The molecule has 0 saturated carbocycles. The van der Waals surface area contributed by atoms with Gasteiger partial charge in [0.25, 0.3) is 0 Å². The van der Waals surface area contributed by atoms with Crippen molar-refractivity contribution < 1.29 is 4.79 Å². The first-order chi connectivity index (χ1) is 12.3. The van der Waals surface area contributed by atoms with Gasteiger partial charge in [-0.05, 0) is 24.3 Å². The van der Waals surface area contributed by atoms with Gasteiger partial charge in [-0.1, -0.05) is 48.2 Å². The Kier molecular flexibility index (Phi) is 5.44. The number of thioether (sulfide) groups is 1. The number of nitrogens with zero attached hydrogens (tertiary/aromatic N) is 5. The van der Waals surface area contributed by atoms with Gasteiger partial charge in [0.15, 0.2) is 0 Å². The monoisotopic (exact) mass is 349 g/mol. The van der Waals surface area contributed by atoms with E-state index in [-0.39, 0.29) is 18.2 Å². The summed E-state index contributed by atoms with van der Waals surface area (Å²) in [5.41, 5.74) is 1.61. The van der Waals surface area contributed by atoms with Crippen molar-refractivity contribution in [3.05, 3.63) is 67.0 Å². The van der Waals surface area contributed by atoms with E-state index in [0.717, 1.165) is 5.69 Å². The van der Waals surface area contributed by atoms with E-state index in [4.69, 9.17) is 5.26 Å². The predicted molar refractivity (Wildman–Crippen MR) is 96.5 cm³/mol. The summed E-state index contributed by atoms with van der Waals surface area (Å²) in [5, 5.41) is 13.9. The average molecular weight is 349 g/mol. The minimum atomic E-state index is -0.159. The molecule has 0 spiro atoms. The lowest BCUT2D eigenvalue weighted by molar-refractivity contribution is -0.116. The standard InChI is InChI=1S/C18H15N5OS/c19-11-12-22(15-7-3-1-4-8-15)17(24)13-25-18-20-14-23(21-18)16-9-5-2-6-10-16/h1-10,14H,12-13H2. The van der Waals surface area contributed by atoms with E-state index in [1.54, 1.807) is 11.0 Å². The van der Waals surface area contributed by atoms with Crippen molar-refractivity contribution >= 4 is 23.4 Å². The number of anilines is 1. The van der Waals surface area contributed by atoms with Crippen LogP contribution in [-0.4, -0.2) is 33.0 Å². The van der Waals surface area contributed by atoms with Crippen LogP contribution in [0.15, 0.2) is 72.1 Å². The van der Waals surface area contributed by atoms with Crippen LogP contribution in [-0.2, 0) is 4.79 Å². The number of amides is 1. The first-order valence-corrected chi connectivity index (χ1v) is 8.59. The minimum Gasteiger partial charge on any atom is -0.298 e. The molecule has 0 atom stereocenters. The van der Waals surface area contributed by atoms with Gasteiger partial charge in [-0.25, -0.2) is 9.67 Å². The molecule has 0 saturated heterocycles. The molecule has 1 heterocycles. The topological polar surface area (TPSA) is 74.8 Å². The predicted octanol–water partition coefficient (Wildman–Crippen LogP) is 2.92. The molecule has 0 N–H and O–H groups in total. The molecule has 1 aromatic heterocycles. The third kappa shape index (κ3) is 4.25. The maximum absolute atomic E-state index is 12.5. The van der Waals surface area contributed by atoms with Crippen LogP contribution in [0.25, 0.3) is 5.69 Å². The summed E-state index contributed by atoms with van der Waals surface area (Å²) in [4.78, 5) is 18.2. The number of nitriles is 1. The molecule has 124 valence electrons. The molecule has 25 heavy (non-hydrogen) atoms. The lowest BCUT2D eigenvalue weighted by atomic mass is 10.3. The van der Waals surface area contributed by atoms with E-state index in [0.29, 0.717) is 10.8 Å². The fourth-order valence-electron chi connectivity index (χ4n) is 2.23. The summed E-state index contributed by atoms with van der Waals surface area (Å²) in [7, 11) is 0. The highest BCUT2D eigenvalue weighted by atomic mass is 32.2. The highest BCUT2D eigenvalue weighted by Crippen LogP contribution is 2.18. The summed E-state index contributed by atoms with van der Waals surface area (Å²) in [6.45, 7) is 0.00922. The molecule has 0 aliphatic carbocycles. The van der Waals surface area contributed by atoms with Crippen molar-refractivity contribution in [3.8, 4) is 11.8 Å². The van der Waals surface area contributed by atoms with Gasteiger partial charge in [0, 0.05) is 5.69 Å². The number of hydrogen-bond acceptors (Lipinski definition) is 5. The SMILES string of the molecule is N#CCN(C(=O)CSc1ncn(-c2ccccc2)n1)c1ccccc1. The van der Waals surface area contributed by atoms with E-state index in [1.165, 1.54) is 16.7 Å². The molecule has 2 aromatic carbocycles. The van der Waals surface area contributed by atoms with Crippen molar-refractivity contribution in [1.82, 2.24) is 14.8 Å². The van der Waals surface area contributed by atoms with Crippen LogP contribution in [0, 0.1) is 11.3 Å². The van der Waals surface area contributed by atoms with Crippen molar-refractivity contribution in [3.63, 3.8) is 0 Å². The Bertz CT molecular complexity index is 873. The summed E-state index contributed by atoms with van der Waals surface area (Å²) < 4.78 is 1.66. The Hall–Kier alpha value is -3.11. The molecule has 7 heteroatoms. The first kappa shape index (κ1) is 16.7. The van der Waals surface area contributed by atoms with Crippen LogP contribution in [0.2, 0.25) is 0 Å². The fourth-order valence-corrected chi connectivity index (χ4v) is 2.90. The van der Waals surface area contributed by atoms with E-state index < -0.39 is 0 Å². The highest BCUT2D eigenvalue weighted by Gasteiger charge is 2.16. The molecule has 0 bridgehead atoms. The number of carbonyl (C=O) groups excluding carboxylic acids is 1. The van der Waals surface area contributed by atoms with Gasteiger partial charge in [-0.3, -0.25) is 9.69 Å². The van der Waals surface area contributed by atoms with Crippen molar-refractivity contribution in [1.29, 1.82) is 5.26 Å². The maximum atomic E-state index is 12.5. The van der Waals surface area contributed by atoms with Crippen molar-refractivity contribution in [2.24, 2.45) is 0 Å². The normalized spacial score (nSPS) is 10.2. The Morgan fingerprint density at radius 3 is 2.48 bits per heavy atom. The van der Waals surface area contributed by atoms with E-state index in [2.05, 4.69) is 10.1 Å². The second kappa shape index (κ2) is 8.13. The molecule has 3 aromatic rings. The van der Waals surface area contributed by atoms with Crippen LogP contribution in [0.1, 0.15) is 0 Å². The minimum absolute atomic E-state index is 0.00922. The zero-order chi connectivity index (χ0) is 17.5. The van der Waals surface area contributed by atoms with Crippen LogP contribution >= 0.6 is 11.8 Å². The van der Waals surface area contributed by atoms with Gasteiger partial charge in [-0.2, -0.15) is 5.26 Å². The summed E-state index contributed by atoms with van der Waals surface area (Å²) in [6.07, 6.45) is 1.62. The molecule has 0 radical (unpaired) electrons. The number of para-hydroxylation sites is 2. The molecular weight excluding hydrogens is 334 g/mol. The Morgan fingerprint density at radius 2 is 1.80 bits per heavy atom. The number of benzene rings is 2. The van der Waals surface area contributed by atoms with Crippen molar-refractivity contribution in [2.75, 3.05) is 17.2 Å². The van der Waals surface area contributed by atoms with Crippen LogP contribution in [0.4, 0.5) is 5.69 Å². The van der Waals surface area contributed by atoms with E-state index >= 15 is 0 Å². The smallest absolute Gasteiger partial charge is 0.238 e. The van der Waals surface area contributed by atoms with E-state index in [1.807, 2.05) is 66.7 Å². The van der Waals surface area contributed by atoms with E-state index in [9.17, 15) is 4.79 Å². The lowest BCUT2D eigenvalue weighted by Gasteiger charge is -2.19. The number of aromatic nitrogens is 3. The van der Waals surface area contributed by atoms with Gasteiger partial charge in [-0.15, -0.1) is 5.10 Å². The number of rotatable bonds is 6. The van der Waals surface area contributed by atoms with Gasteiger partial charge in [0.05, 0.1) is 17.5 Å². The quantitative estimate of drug-likeness (QED) is 0.505. The molecule has 0 fully saturated rings. The average Bonchev–Trinajstić information content (AvgIpc) is 3.15. The summed E-state index contributed by atoms with van der Waals surface area (Å²) in [5.74, 6) is 0.00357. The van der Waals surface area contributed by atoms with Crippen LogP contribution in [0.3, 0.4) is 0 Å². The first-order valence-electron chi connectivity index (χ1n) is 7.60. The third-order valence-corrected chi connectivity index (χ3v) is 4.25. The Balaban J connectivity index is 1.65. The Morgan fingerprint density at radius 1 is 1.12 bits per heavy atom. The van der Waals surface area contributed by atoms with Crippen LogP contribution in [0.5, 0.6) is 0 Å². The molecule has 0 aliphatic rings. The van der Waals surface area contributed by atoms with Gasteiger partial charge < -0.3 is 0 Å². The van der Waals surface area contributed by atoms with Gasteiger partial charge in [0.2, 0.25) is 11.1 Å². The molecular formula is C18H15N5OS.